The molecule has 0 saturated carbocycles. The molecule has 4 nitrogen and oxygen atoms in total. The van der Waals surface area contributed by atoms with E-state index in [0.29, 0.717) is 13.0 Å². The summed E-state index contributed by atoms with van der Waals surface area (Å²) >= 11 is 0. The summed E-state index contributed by atoms with van der Waals surface area (Å²) in [5.41, 5.74) is 6.79. The van der Waals surface area contributed by atoms with Gasteiger partial charge in [-0.15, -0.1) is 0 Å². The molecule has 1 unspecified atom stereocenters. The van der Waals surface area contributed by atoms with Crippen LogP contribution in [0.4, 0.5) is 0 Å². The summed E-state index contributed by atoms with van der Waals surface area (Å²) in [5, 5.41) is 0. The largest absolute Gasteiger partial charge is 0.465 e. The van der Waals surface area contributed by atoms with Crippen molar-refractivity contribution in [1.82, 2.24) is 4.98 Å². The zero-order valence-corrected chi connectivity index (χ0v) is 8.85. The number of nitrogens with two attached hydrogens (primary N) is 1. The second-order valence-corrected chi connectivity index (χ2v) is 3.25. The van der Waals surface area contributed by atoms with Crippen molar-refractivity contribution in [2.24, 2.45) is 5.73 Å². The predicted molar refractivity (Wildman–Crippen MR) is 57.2 cm³/mol. The average molecular weight is 208 g/mol. The third kappa shape index (κ3) is 4.08. The number of esters is 1. The first-order chi connectivity index (χ1) is 7.24. The van der Waals surface area contributed by atoms with E-state index in [1.54, 1.807) is 19.3 Å². The van der Waals surface area contributed by atoms with Crippen molar-refractivity contribution in [2.75, 3.05) is 6.61 Å². The van der Waals surface area contributed by atoms with E-state index in [1.807, 2.05) is 12.1 Å². The van der Waals surface area contributed by atoms with Crippen molar-refractivity contribution in [3.63, 3.8) is 0 Å². The highest BCUT2D eigenvalue weighted by Crippen LogP contribution is 2.03. The van der Waals surface area contributed by atoms with Gasteiger partial charge in [0, 0.05) is 12.4 Å². The molecule has 4 heteroatoms. The van der Waals surface area contributed by atoms with Gasteiger partial charge in [0.05, 0.1) is 6.61 Å². The van der Waals surface area contributed by atoms with E-state index in [4.69, 9.17) is 10.5 Å². The normalized spacial score (nSPS) is 12.1. The van der Waals surface area contributed by atoms with Gasteiger partial charge in [0.1, 0.15) is 6.04 Å². The molecule has 0 saturated heterocycles. The molecule has 0 amide bonds. The minimum atomic E-state index is -0.530. The molecule has 0 radical (unpaired) electrons. The first kappa shape index (κ1) is 11.7. The van der Waals surface area contributed by atoms with Crippen molar-refractivity contribution in [3.8, 4) is 0 Å². The Morgan fingerprint density at radius 1 is 1.53 bits per heavy atom. The van der Waals surface area contributed by atoms with Crippen LogP contribution in [0.15, 0.2) is 24.5 Å². The summed E-state index contributed by atoms with van der Waals surface area (Å²) < 4.78 is 4.82. The number of hydrogen-bond donors (Lipinski definition) is 1. The van der Waals surface area contributed by atoms with E-state index in [2.05, 4.69) is 4.98 Å². The average Bonchev–Trinajstić information content (AvgIpc) is 2.27. The lowest BCUT2D eigenvalue weighted by atomic mass is 10.1. The van der Waals surface area contributed by atoms with E-state index in [0.717, 1.165) is 12.0 Å². The molecule has 0 fully saturated rings. The third-order valence-electron chi connectivity index (χ3n) is 2.08. The van der Waals surface area contributed by atoms with Crippen molar-refractivity contribution >= 4 is 5.97 Å². The van der Waals surface area contributed by atoms with Gasteiger partial charge in [-0.2, -0.15) is 0 Å². The monoisotopic (exact) mass is 208 g/mol. The van der Waals surface area contributed by atoms with Gasteiger partial charge in [-0.25, -0.2) is 0 Å². The molecular weight excluding hydrogens is 192 g/mol. The van der Waals surface area contributed by atoms with Crippen LogP contribution in [0, 0.1) is 0 Å². The van der Waals surface area contributed by atoms with Gasteiger partial charge in [-0.05, 0) is 37.5 Å². The van der Waals surface area contributed by atoms with Crippen LogP contribution in [0.5, 0.6) is 0 Å². The lowest BCUT2D eigenvalue weighted by molar-refractivity contribution is -0.144. The van der Waals surface area contributed by atoms with E-state index >= 15 is 0 Å². The molecule has 0 aliphatic heterocycles. The second kappa shape index (κ2) is 6.14. The van der Waals surface area contributed by atoms with Crippen LogP contribution in [0.3, 0.4) is 0 Å². The molecule has 0 bridgehead atoms. The standard InChI is InChI=1S/C11H16N2O2/c1-2-15-11(14)10(12)4-3-9-5-7-13-8-6-9/h5-8,10H,2-4,12H2,1H3. The topological polar surface area (TPSA) is 65.2 Å². The highest BCUT2D eigenvalue weighted by Gasteiger charge is 2.13. The smallest absolute Gasteiger partial charge is 0.322 e. The van der Waals surface area contributed by atoms with Gasteiger partial charge in [-0.3, -0.25) is 9.78 Å². The van der Waals surface area contributed by atoms with Crippen molar-refractivity contribution in [1.29, 1.82) is 0 Å². The molecule has 1 heterocycles. The Kier molecular flexibility index (Phi) is 4.77. The summed E-state index contributed by atoms with van der Waals surface area (Å²) in [5.74, 6) is -0.327. The van der Waals surface area contributed by atoms with E-state index < -0.39 is 6.04 Å². The van der Waals surface area contributed by atoms with Crippen molar-refractivity contribution in [3.05, 3.63) is 30.1 Å². The zero-order valence-electron chi connectivity index (χ0n) is 8.85. The minimum absolute atomic E-state index is 0.327. The highest BCUT2D eigenvalue weighted by atomic mass is 16.5. The fourth-order valence-electron chi connectivity index (χ4n) is 1.24. The highest BCUT2D eigenvalue weighted by molar-refractivity contribution is 5.75. The molecule has 82 valence electrons. The summed E-state index contributed by atoms with van der Waals surface area (Å²) in [7, 11) is 0. The fourth-order valence-corrected chi connectivity index (χ4v) is 1.24. The van der Waals surface area contributed by atoms with Crippen LogP contribution in [0.2, 0.25) is 0 Å². The van der Waals surface area contributed by atoms with Crippen LogP contribution >= 0.6 is 0 Å². The SMILES string of the molecule is CCOC(=O)C(N)CCc1ccncc1. The number of ether oxygens (including phenoxy) is 1. The lowest BCUT2D eigenvalue weighted by Crippen LogP contribution is -2.32. The summed E-state index contributed by atoms with van der Waals surface area (Å²) in [6, 6.07) is 3.30. The maximum atomic E-state index is 11.2. The number of nitrogens with zero attached hydrogens (tertiary/aromatic N) is 1. The molecule has 0 aliphatic carbocycles. The van der Waals surface area contributed by atoms with E-state index in [9.17, 15) is 4.79 Å². The predicted octanol–water partition coefficient (Wildman–Crippen LogP) is 0.905. The number of hydrogen-bond acceptors (Lipinski definition) is 4. The second-order valence-electron chi connectivity index (χ2n) is 3.25. The van der Waals surface area contributed by atoms with Crippen molar-refractivity contribution < 1.29 is 9.53 Å². The van der Waals surface area contributed by atoms with Crippen LogP contribution in [0.25, 0.3) is 0 Å². The van der Waals surface area contributed by atoms with E-state index in [-0.39, 0.29) is 5.97 Å². The Bertz CT molecular complexity index is 301. The first-order valence-corrected chi connectivity index (χ1v) is 5.05. The summed E-state index contributed by atoms with van der Waals surface area (Å²) in [6.45, 7) is 2.15. The fraction of sp³-hybridized carbons (Fsp3) is 0.455. The Balaban J connectivity index is 2.34. The van der Waals surface area contributed by atoms with Crippen LogP contribution in [-0.4, -0.2) is 23.6 Å². The first-order valence-electron chi connectivity index (χ1n) is 5.05. The van der Waals surface area contributed by atoms with Gasteiger partial charge in [-0.1, -0.05) is 0 Å². The summed E-state index contributed by atoms with van der Waals surface area (Å²) in [6.07, 6.45) is 4.82. The number of carbonyl (C=O) groups is 1. The molecule has 1 atom stereocenters. The van der Waals surface area contributed by atoms with Crippen LogP contribution in [-0.2, 0) is 16.0 Å². The number of rotatable bonds is 5. The summed E-state index contributed by atoms with van der Waals surface area (Å²) in [4.78, 5) is 15.1. The Morgan fingerprint density at radius 2 is 2.20 bits per heavy atom. The van der Waals surface area contributed by atoms with Crippen LogP contribution in [0.1, 0.15) is 18.9 Å². The number of carbonyl (C=O) groups excluding carboxylic acids is 1. The van der Waals surface area contributed by atoms with Gasteiger partial charge in [0.25, 0.3) is 0 Å². The molecule has 1 aromatic heterocycles. The molecule has 0 aliphatic rings. The van der Waals surface area contributed by atoms with Gasteiger partial charge in [0.2, 0.25) is 0 Å². The molecule has 2 N–H and O–H groups in total. The molecular formula is C11H16N2O2. The maximum absolute atomic E-state index is 11.2. The van der Waals surface area contributed by atoms with Gasteiger partial charge >= 0.3 is 5.97 Å². The number of pyridine rings is 1. The Morgan fingerprint density at radius 3 is 2.80 bits per heavy atom. The number of aromatic nitrogens is 1. The van der Waals surface area contributed by atoms with Crippen molar-refractivity contribution in [2.45, 2.75) is 25.8 Å². The van der Waals surface area contributed by atoms with E-state index in [1.165, 1.54) is 0 Å². The Hall–Kier alpha value is -1.42. The van der Waals surface area contributed by atoms with Gasteiger partial charge in [0.15, 0.2) is 0 Å². The molecule has 1 rings (SSSR count). The molecule has 1 aromatic rings. The quantitative estimate of drug-likeness (QED) is 0.730. The molecule has 0 spiro atoms. The zero-order chi connectivity index (χ0) is 11.1. The lowest BCUT2D eigenvalue weighted by Gasteiger charge is -2.09. The third-order valence-corrected chi connectivity index (χ3v) is 2.08. The maximum Gasteiger partial charge on any atom is 0.322 e. The minimum Gasteiger partial charge on any atom is -0.465 e. The molecule has 15 heavy (non-hydrogen) atoms. The van der Waals surface area contributed by atoms with Gasteiger partial charge < -0.3 is 10.5 Å². The molecule has 0 aromatic carbocycles. The van der Waals surface area contributed by atoms with Crippen LogP contribution < -0.4 is 5.73 Å². The Labute approximate surface area is 89.5 Å². The number of aryl methyl sites for hydroxylation is 1.